The molecule has 60 valence electrons. The first-order valence-electron chi connectivity index (χ1n) is 3.44. The topological polar surface area (TPSA) is 33.1 Å². The zero-order valence-electron chi connectivity index (χ0n) is 6.30. The molecule has 0 saturated carbocycles. The maximum absolute atomic E-state index is 6.95. The van der Waals surface area contributed by atoms with Crippen LogP contribution in [0.3, 0.4) is 0 Å². The largest absolute Gasteiger partial charge is 0.433 e. The van der Waals surface area contributed by atoms with E-state index in [0.29, 0.717) is 5.92 Å². The van der Waals surface area contributed by atoms with Crippen LogP contribution in [0.25, 0.3) is 0 Å². The Bertz CT molecular complexity index is 220. The quantitative estimate of drug-likeness (QED) is 0.616. The van der Waals surface area contributed by atoms with Gasteiger partial charge in [-0.3, -0.25) is 0 Å². The van der Waals surface area contributed by atoms with Crippen molar-refractivity contribution in [3.63, 3.8) is 0 Å². The Kier molecular flexibility index (Phi) is 3.11. The summed E-state index contributed by atoms with van der Waals surface area (Å²) in [6.45, 7) is 1.93. The molecule has 3 heteroatoms. The Labute approximate surface area is 80.5 Å². The Hall–Kier alpha value is -0.320. The number of nitrogens with one attached hydrogen (secondary N) is 1. The molecule has 11 heavy (non-hydrogen) atoms. The van der Waals surface area contributed by atoms with Crippen molar-refractivity contribution in [2.24, 2.45) is 5.92 Å². The van der Waals surface area contributed by atoms with Gasteiger partial charge in [-0.1, -0.05) is 6.08 Å². The Morgan fingerprint density at radius 2 is 2.55 bits per heavy atom. The van der Waals surface area contributed by atoms with Crippen molar-refractivity contribution in [2.75, 3.05) is 0 Å². The van der Waals surface area contributed by atoms with Crippen LogP contribution in [-0.4, -0.2) is 6.21 Å². The summed E-state index contributed by atoms with van der Waals surface area (Å²) in [4.78, 5) is 0. The molecule has 0 fully saturated rings. The highest BCUT2D eigenvalue weighted by atomic mass is 127. The van der Waals surface area contributed by atoms with Crippen LogP contribution < -0.4 is 0 Å². The number of allylic oxidation sites excluding steroid dienone is 4. The molecule has 1 N–H and O–H groups in total. The van der Waals surface area contributed by atoms with Gasteiger partial charge >= 0.3 is 0 Å². The van der Waals surface area contributed by atoms with Crippen molar-refractivity contribution in [1.82, 2.24) is 0 Å². The smallest absolute Gasteiger partial charge is 0.192 e. The monoisotopic (exact) mass is 263 g/mol. The highest BCUT2D eigenvalue weighted by Crippen LogP contribution is 2.29. The molecule has 0 aromatic heterocycles. The van der Waals surface area contributed by atoms with E-state index in [0.717, 1.165) is 17.8 Å². The first-order chi connectivity index (χ1) is 5.26. The second-order valence-corrected chi connectivity index (χ2v) is 3.07. The summed E-state index contributed by atoms with van der Waals surface area (Å²) in [5.74, 6) is 1.53. The lowest BCUT2D eigenvalue weighted by atomic mass is 9.91. The van der Waals surface area contributed by atoms with Crippen LogP contribution in [0, 0.1) is 11.3 Å². The van der Waals surface area contributed by atoms with Crippen LogP contribution in [0.5, 0.6) is 0 Å². The van der Waals surface area contributed by atoms with Gasteiger partial charge in [0.25, 0.3) is 0 Å². The van der Waals surface area contributed by atoms with Crippen molar-refractivity contribution in [3.05, 3.63) is 23.5 Å². The second kappa shape index (κ2) is 3.90. The van der Waals surface area contributed by atoms with E-state index in [-0.39, 0.29) is 0 Å². The third-order valence-electron chi connectivity index (χ3n) is 1.64. The van der Waals surface area contributed by atoms with Gasteiger partial charge < -0.3 is 8.48 Å². The van der Waals surface area contributed by atoms with E-state index in [4.69, 9.17) is 8.48 Å². The normalized spacial score (nSPS) is 23.6. The van der Waals surface area contributed by atoms with Gasteiger partial charge in [-0.15, -0.1) is 0 Å². The van der Waals surface area contributed by atoms with Crippen molar-refractivity contribution in [2.45, 2.75) is 13.3 Å². The van der Waals surface area contributed by atoms with Gasteiger partial charge in [-0.25, -0.2) is 0 Å². The maximum atomic E-state index is 6.95. The van der Waals surface area contributed by atoms with Gasteiger partial charge in [-0.05, 0) is 18.6 Å². The van der Waals surface area contributed by atoms with Gasteiger partial charge in [-0.2, -0.15) is 0 Å². The van der Waals surface area contributed by atoms with Crippen LogP contribution in [0.4, 0.5) is 0 Å². The minimum Gasteiger partial charge on any atom is -0.433 e. The number of hydrogen-bond donors (Lipinski definition) is 1. The molecule has 0 aromatic rings. The van der Waals surface area contributed by atoms with Gasteiger partial charge in [0.2, 0.25) is 0 Å². The second-order valence-electron chi connectivity index (χ2n) is 2.63. The van der Waals surface area contributed by atoms with Crippen LogP contribution in [0.2, 0.25) is 0 Å². The van der Waals surface area contributed by atoms with E-state index in [1.54, 1.807) is 0 Å². The number of hydrogen-bond acceptors (Lipinski definition) is 2. The summed E-state index contributed by atoms with van der Waals surface area (Å²) < 4.78 is 4.98. The lowest BCUT2D eigenvalue weighted by Crippen LogP contribution is -2.07. The molecule has 1 aliphatic carbocycles. The standard InChI is InChI=1S/C8H10INO/c1-6(5-10)2-7-3-8(4-7)11-9/h2-3,5,7,10H,4H2,1H3/b6-2-,10-5?/t7-/m0/s1. The summed E-state index contributed by atoms with van der Waals surface area (Å²) in [5.41, 5.74) is 1.01. The summed E-state index contributed by atoms with van der Waals surface area (Å²) in [6.07, 6.45) is 6.50. The summed E-state index contributed by atoms with van der Waals surface area (Å²) in [7, 11) is 0. The highest BCUT2D eigenvalue weighted by molar-refractivity contribution is 14.1. The van der Waals surface area contributed by atoms with Crippen molar-refractivity contribution in [1.29, 1.82) is 5.41 Å². The van der Waals surface area contributed by atoms with Gasteiger partial charge in [0.1, 0.15) is 5.76 Å². The summed E-state index contributed by atoms with van der Waals surface area (Å²) >= 11 is 1.88. The molecule has 0 aromatic carbocycles. The summed E-state index contributed by atoms with van der Waals surface area (Å²) in [5, 5.41) is 6.95. The Balaban J connectivity index is 2.45. The van der Waals surface area contributed by atoms with Crippen LogP contribution in [-0.2, 0) is 3.07 Å². The fourth-order valence-corrected chi connectivity index (χ4v) is 1.31. The zero-order valence-corrected chi connectivity index (χ0v) is 8.46. The average Bonchev–Trinajstić information content (AvgIpc) is 1.95. The molecule has 0 saturated heterocycles. The van der Waals surface area contributed by atoms with Crippen molar-refractivity contribution in [3.8, 4) is 0 Å². The predicted molar refractivity (Wildman–Crippen MR) is 53.8 cm³/mol. The van der Waals surface area contributed by atoms with Crippen LogP contribution >= 0.6 is 23.0 Å². The van der Waals surface area contributed by atoms with E-state index in [2.05, 4.69) is 12.2 Å². The van der Waals surface area contributed by atoms with Gasteiger partial charge in [0.15, 0.2) is 23.0 Å². The maximum Gasteiger partial charge on any atom is 0.192 e. The third-order valence-corrected chi connectivity index (χ3v) is 2.21. The molecule has 1 atom stereocenters. The first-order valence-corrected chi connectivity index (χ1v) is 4.32. The fourth-order valence-electron chi connectivity index (χ4n) is 0.988. The van der Waals surface area contributed by atoms with Crippen molar-refractivity contribution >= 4 is 29.2 Å². The first kappa shape index (κ1) is 8.77. The number of rotatable bonds is 3. The number of halogens is 1. The van der Waals surface area contributed by atoms with E-state index < -0.39 is 0 Å². The Morgan fingerprint density at radius 3 is 3.00 bits per heavy atom. The minimum absolute atomic E-state index is 0.487. The minimum atomic E-state index is 0.487. The molecule has 0 bridgehead atoms. The lowest BCUT2D eigenvalue weighted by Gasteiger charge is -2.19. The van der Waals surface area contributed by atoms with Crippen molar-refractivity contribution < 1.29 is 3.07 Å². The summed E-state index contributed by atoms with van der Waals surface area (Å²) in [6, 6.07) is 0. The molecule has 0 aliphatic heterocycles. The molecule has 0 unspecified atom stereocenters. The van der Waals surface area contributed by atoms with E-state index in [1.165, 1.54) is 6.21 Å². The molecule has 1 aliphatic rings. The molecule has 2 nitrogen and oxygen atoms in total. The van der Waals surface area contributed by atoms with E-state index in [1.807, 2.05) is 29.9 Å². The molecular formula is C8H10INO. The lowest BCUT2D eigenvalue weighted by molar-refractivity contribution is 0.451. The van der Waals surface area contributed by atoms with E-state index >= 15 is 0 Å². The molecule has 0 spiro atoms. The fraction of sp³-hybridized carbons (Fsp3) is 0.375. The molecular weight excluding hydrogens is 253 g/mol. The van der Waals surface area contributed by atoms with Gasteiger partial charge in [0.05, 0.1) is 0 Å². The highest BCUT2D eigenvalue weighted by Gasteiger charge is 2.17. The Morgan fingerprint density at radius 1 is 1.91 bits per heavy atom. The molecule has 0 heterocycles. The van der Waals surface area contributed by atoms with Crippen LogP contribution in [0.15, 0.2) is 23.5 Å². The van der Waals surface area contributed by atoms with Gasteiger partial charge in [0, 0.05) is 18.6 Å². The molecule has 1 rings (SSSR count). The molecule has 0 radical (unpaired) electrons. The van der Waals surface area contributed by atoms with Crippen LogP contribution in [0.1, 0.15) is 13.3 Å². The zero-order chi connectivity index (χ0) is 8.27. The van der Waals surface area contributed by atoms with E-state index in [9.17, 15) is 0 Å². The SMILES string of the molecule is C/C(C=N)=C/[C@H]1C=C(OI)C1. The third kappa shape index (κ3) is 2.32. The molecule has 0 amide bonds. The average molecular weight is 263 g/mol. The predicted octanol–water partition coefficient (Wildman–Crippen LogP) is 2.85.